The monoisotopic (exact) mass is 477 g/mol. The lowest BCUT2D eigenvalue weighted by Crippen LogP contribution is -2.52. The molecule has 0 aliphatic carbocycles. The second-order valence-corrected chi connectivity index (χ2v) is 8.50. The number of rotatable bonds is 6. The van der Waals surface area contributed by atoms with Crippen molar-refractivity contribution >= 4 is 28.8 Å². The molecule has 1 aromatic carbocycles. The van der Waals surface area contributed by atoms with Crippen molar-refractivity contribution in [2.75, 3.05) is 39.3 Å². The van der Waals surface area contributed by atoms with Crippen LogP contribution in [0.2, 0.25) is 0 Å². The summed E-state index contributed by atoms with van der Waals surface area (Å²) in [6.07, 6.45) is 1.50. The van der Waals surface area contributed by atoms with Crippen LogP contribution >= 0.6 is 0 Å². The molecule has 1 atom stereocenters. The molecule has 3 N–H and O–H groups in total. The molecule has 1 unspecified atom stereocenters. The number of para-hydroxylation sites is 1. The normalized spacial score (nSPS) is 18.9. The van der Waals surface area contributed by atoms with E-state index in [1.807, 2.05) is 35.2 Å². The highest BCUT2D eigenvalue weighted by atomic mass is 16.5. The highest BCUT2D eigenvalue weighted by Crippen LogP contribution is 2.28. The van der Waals surface area contributed by atoms with Gasteiger partial charge in [-0.25, -0.2) is 9.59 Å². The number of nitrogens with one attached hydrogen (secondary N) is 3. The predicted molar refractivity (Wildman–Crippen MR) is 127 cm³/mol. The number of carbonyl (C=O) groups is 3. The molecule has 2 aliphatic heterocycles. The highest BCUT2D eigenvalue weighted by molar-refractivity contribution is 5.98. The minimum Gasteiger partial charge on any atom is -0.467 e. The Labute approximate surface area is 201 Å². The number of piperazine rings is 1. The average Bonchev–Trinajstić information content (AvgIpc) is 3.54. The van der Waals surface area contributed by atoms with Gasteiger partial charge in [0, 0.05) is 49.3 Å². The molecule has 3 aromatic rings. The highest BCUT2D eigenvalue weighted by Gasteiger charge is 2.36. The van der Waals surface area contributed by atoms with Crippen molar-refractivity contribution in [3.63, 3.8) is 0 Å². The number of esters is 1. The van der Waals surface area contributed by atoms with Gasteiger partial charge in [0.15, 0.2) is 0 Å². The Morgan fingerprint density at radius 3 is 2.63 bits per heavy atom. The van der Waals surface area contributed by atoms with Gasteiger partial charge in [-0.1, -0.05) is 18.2 Å². The average molecular weight is 478 g/mol. The van der Waals surface area contributed by atoms with Crippen molar-refractivity contribution in [3.05, 3.63) is 71.5 Å². The molecule has 0 bridgehead atoms. The molecular weight excluding hydrogens is 450 g/mol. The summed E-state index contributed by atoms with van der Waals surface area (Å²) < 4.78 is 10.8. The Balaban J connectivity index is 1.30. The lowest BCUT2D eigenvalue weighted by molar-refractivity contribution is -0.139. The predicted octanol–water partition coefficient (Wildman–Crippen LogP) is 2.39. The molecule has 182 valence electrons. The second kappa shape index (κ2) is 9.67. The molecule has 0 spiro atoms. The fourth-order valence-corrected chi connectivity index (χ4v) is 4.55. The molecule has 2 aromatic heterocycles. The van der Waals surface area contributed by atoms with Crippen LogP contribution in [0.1, 0.15) is 29.2 Å². The SMILES string of the molecule is CCOC(=O)C1=C(CN2CCN(C(=O)c3cc4ccccc4[nH]3)CC2)NC(=O)NC1c1ccco1. The Hall–Kier alpha value is -4.05. The summed E-state index contributed by atoms with van der Waals surface area (Å²) in [5.74, 6) is -0.0986. The van der Waals surface area contributed by atoms with E-state index in [1.54, 1.807) is 19.1 Å². The van der Waals surface area contributed by atoms with E-state index in [2.05, 4.69) is 20.5 Å². The number of fused-ring (bicyclic) bond motifs is 1. The van der Waals surface area contributed by atoms with Gasteiger partial charge in [0.2, 0.25) is 0 Å². The van der Waals surface area contributed by atoms with Gasteiger partial charge in [-0.3, -0.25) is 9.69 Å². The minimum absolute atomic E-state index is 0.0414. The summed E-state index contributed by atoms with van der Waals surface area (Å²) in [4.78, 5) is 45.4. The number of aromatic amines is 1. The molecule has 3 amide bonds. The van der Waals surface area contributed by atoms with Crippen LogP contribution in [0.5, 0.6) is 0 Å². The van der Waals surface area contributed by atoms with Crippen molar-refractivity contribution in [3.8, 4) is 0 Å². The first-order valence-corrected chi connectivity index (χ1v) is 11.6. The number of amides is 3. The van der Waals surface area contributed by atoms with Crippen molar-refractivity contribution in [1.82, 2.24) is 25.4 Å². The summed E-state index contributed by atoms with van der Waals surface area (Å²) in [6.45, 7) is 4.54. The second-order valence-electron chi connectivity index (χ2n) is 8.50. The molecule has 0 saturated carbocycles. The molecular formula is C25H27N5O5. The molecule has 1 saturated heterocycles. The molecule has 1 fully saturated rings. The zero-order valence-corrected chi connectivity index (χ0v) is 19.4. The van der Waals surface area contributed by atoms with Gasteiger partial charge in [0.1, 0.15) is 17.5 Å². The maximum atomic E-state index is 13.0. The van der Waals surface area contributed by atoms with E-state index in [9.17, 15) is 14.4 Å². The van der Waals surface area contributed by atoms with Gasteiger partial charge in [-0.15, -0.1) is 0 Å². The van der Waals surface area contributed by atoms with Crippen LogP contribution in [0, 0.1) is 0 Å². The smallest absolute Gasteiger partial charge is 0.338 e. The first-order chi connectivity index (χ1) is 17.0. The molecule has 4 heterocycles. The van der Waals surface area contributed by atoms with E-state index in [4.69, 9.17) is 9.15 Å². The van der Waals surface area contributed by atoms with Crippen LogP contribution in [0.4, 0.5) is 4.79 Å². The third-order valence-corrected chi connectivity index (χ3v) is 6.28. The van der Waals surface area contributed by atoms with E-state index in [1.165, 1.54) is 6.26 Å². The number of furan rings is 1. The van der Waals surface area contributed by atoms with E-state index < -0.39 is 18.0 Å². The van der Waals surface area contributed by atoms with Crippen LogP contribution < -0.4 is 10.6 Å². The maximum Gasteiger partial charge on any atom is 0.338 e. The first-order valence-electron chi connectivity index (χ1n) is 11.6. The van der Waals surface area contributed by atoms with Crippen LogP contribution in [-0.4, -0.2) is 72.0 Å². The lowest BCUT2D eigenvalue weighted by Gasteiger charge is -2.36. The molecule has 10 heteroatoms. The Morgan fingerprint density at radius 2 is 1.91 bits per heavy atom. The molecule has 2 aliphatic rings. The zero-order chi connectivity index (χ0) is 24.4. The standard InChI is InChI=1S/C25H27N5O5/c1-2-34-24(32)21-19(27-25(33)28-22(21)20-8-5-13-35-20)15-29-9-11-30(12-10-29)23(31)18-14-16-6-3-4-7-17(16)26-18/h3-8,13-14,22,26H,2,9-12,15H2,1H3,(H2,27,28,33). The number of hydrogen-bond donors (Lipinski definition) is 3. The van der Waals surface area contributed by atoms with Crippen molar-refractivity contribution in [1.29, 1.82) is 0 Å². The summed E-state index contributed by atoms with van der Waals surface area (Å²) in [6, 6.07) is 11.9. The first kappa shape index (κ1) is 22.7. The fraction of sp³-hybridized carbons (Fsp3) is 0.320. The van der Waals surface area contributed by atoms with Gasteiger partial charge in [0.05, 0.1) is 18.4 Å². The number of ether oxygens (including phenoxy) is 1. The van der Waals surface area contributed by atoms with E-state index >= 15 is 0 Å². The molecule has 0 radical (unpaired) electrons. The van der Waals surface area contributed by atoms with Gasteiger partial charge >= 0.3 is 12.0 Å². The largest absolute Gasteiger partial charge is 0.467 e. The summed E-state index contributed by atoms with van der Waals surface area (Å²) in [7, 11) is 0. The van der Waals surface area contributed by atoms with Crippen LogP contribution in [-0.2, 0) is 9.53 Å². The Bertz CT molecular complexity index is 1240. The summed E-state index contributed by atoms with van der Waals surface area (Å²) >= 11 is 0. The minimum atomic E-state index is -0.738. The van der Waals surface area contributed by atoms with Crippen LogP contribution in [0.15, 0.2) is 64.4 Å². The Kier molecular flexibility index (Phi) is 6.28. The van der Waals surface area contributed by atoms with Crippen molar-refractivity contribution < 1.29 is 23.5 Å². The van der Waals surface area contributed by atoms with Crippen LogP contribution in [0.25, 0.3) is 10.9 Å². The lowest BCUT2D eigenvalue weighted by atomic mass is 9.99. The van der Waals surface area contributed by atoms with Crippen molar-refractivity contribution in [2.24, 2.45) is 0 Å². The molecule has 5 rings (SSSR count). The number of urea groups is 1. The van der Waals surface area contributed by atoms with Gasteiger partial charge in [-0.05, 0) is 31.2 Å². The molecule has 35 heavy (non-hydrogen) atoms. The topological polar surface area (TPSA) is 120 Å². The number of nitrogens with zero attached hydrogens (tertiary/aromatic N) is 2. The van der Waals surface area contributed by atoms with Gasteiger partial charge in [0.25, 0.3) is 5.91 Å². The van der Waals surface area contributed by atoms with Crippen molar-refractivity contribution in [2.45, 2.75) is 13.0 Å². The van der Waals surface area contributed by atoms with Crippen LogP contribution in [0.3, 0.4) is 0 Å². The number of hydrogen-bond acceptors (Lipinski definition) is 6. The maximum absolute atomic E-state index is 13.0. The quantitative estimate of drug-likeness (QED) is 0.469. The van der Waals surface area contributed by atoms with E-state index in [0.717, 1.165) is 10.9 Å². The third kappa shape index (κ3) is 4.65. The van der Waals surface area contributed by atoms with E-state index in [-0.39, 0.29) is 12.5 Å². The third-order valence-electron chi connectivity index (χ3n) is 6.28. The number of H-pyrrole nitrogens is 1. The Morgan fingerprint density at radius 1 is 1.11 bits per heavy atom. The number of aromatic nitrogens is 1. The van der Waals surface area contributed by atoms with E-state index in [0.29, 0.717) is 55.4 Å². The summed E-state index contributed by atoms with van der Waals surface area (Å²) in [5.41, 5.74) is 2.29. The van der Waals surface area contributed by atoms with Gasteiger partial charge in [-0.2, -0.15) is 0 Å². The van der Waals surface area contributed by atoms with Gasteiger partial charge < -0.3 is 29.7 Å². The number of benzene rings is 1. The summed E-state index contributed by atoms with van der Waals surface area (Å²) in [5, 5.41) is 6.53. The molecule has 10 nitrogen and oxygen atoms in total. The zero-order valence-electron chi connectivity index (χ0n) is 19.4. The fourth-order valence-electron chi connectivity index (χ4n) is 4.55. The number of carbonyl (C=O) groups excluding carboxylic acids is 3.